The van der Waals surface area contributed by atoms with Gasteiger partial charge >= 0.3 is 5.97 Å². The number of amides is 1. The Morgan fingerprint density at radius 1 is 1.28 bits per heavy atom. The van der Waals surface area contributed by atoms with Crippen LogP contribution >= 0.6 is 0 Å². The summed E-state index contributed by atoms with van der Waals surface area (Å²) in [6, 6.07) is 0.194. The maximum absolute atomic E-state index is 12.2. The molecule has 1 amide bonds. The van der Waals surface area contributed by atoms with Crippen LogP contribution in [0.3, 0.4) is 0 Å². The van der Waals surface area contributed by atoms with Crippen molar-refractivity contribution in [1.82, 2.24) is 9.80 Å². The quantitative estimate of drug-likeness (QED) is 0.791. The van der Waals surface area contributed by atoms with E-state index in [1.165, 1.54) is 12.8 Å². The summed E-state index contributed by atoms with van der Waals surface area (Å²) in [4.78, 5) is 27.1. The molecule has 102 valence electrons. The molecular weight excluding hydrogens is 232 g/mol. The Bertz CT molecular complexity index is 339. The van der Waals surface area contributed by atoms with Crippen LogP contribution in [0.2, 0.25) is 0 Å². The van der Waals surface area contributed by atoms with Crippen molar-refractivity contribution in [3.63, 3.8) is 0 Å². The van der Waals surface area contributed by atoms with E-state index in [0.717, 1.165) is 12.8 Å². The zero-order chi connectivity index (χ0) is 13.3. The van der Waals surface area contributed by atoms with E-state index in [4.69, 9.17) is 0 Å². The van der Waals surface area contributed by atoms with Gasteiger partial charge in [0, 0.05) is 26.2 Å². The van der Waals surface area contributed by atoms with E-state index in [0.29, 0.717) is 19.1 Å². The first kappa shape index (κ1) is 13.3. The van der Waals surface area contributed by atoms with E-state index < -0.39 is 11.9 Å². The highest BCUT2D eigenvalue weighted by Gasteiger charge is 2.38. The van der Waals surface area contributed by atoms with Gasteiger partial charge < -0.3 is 10.0 Å². The molecule has 1 N–H and O–H groups in total. The van der Waals surface area contributed by atoms with E-state index in [9.17, 15) is 14.7 Å². The molecule has 1 aliphatic heterocycles. The molecule has 2 fully saturated rings. The topological polar surface area (TPSA) is 60.9 Å². The lowest BCUT2D eigenvalue weighted by Gasteiger charge is -2.32. The van der Waals surface area contributed by atoms with Crippen molar-refractivity contribution in [2.45, 2.75) is 44.7 Å². The Kier molecular flexibility index (Phi) is 3.90. The lowest BCUT2D eigenvalue weighted by atomic mass is 10.1. The van der Waals surface area contributed by atoms with Crippen LogP contribution in [0.25, 0.3) is 0 Å². The van der Waals surface area contributed by atoms with E-state index in [2.05, 4.69) is 4.90 Å². The van der Waals surface area contributed by atoms with Crippen molar-refractivity contribution in [2.75, 3.05) is 20.1 Å². The van der Waals surface area contributed by atoms with E-state index in [1.54, 1.807) is 11.9 Å². The number of aliphatic carboxylic acids is 1. The van der Waals surface area contributed by atoms with Crippen LogP contribution in [0.4, 0.5) is 0 Å². The molecule has 1 heterocycles. The summed E-state index contributed by atoms with van der Waals surface area (Å²) < 4.78 is 0. The molecule has 1 aliphatic carbocycles. The van der Waals surface area contributed by atoms with Gasteiger partial charge in [0.1, 0.15) is 0 Å². The van der Waals surface area contributed by atoms with Gasteiger partial charge in [-0.05, 0) is 19.8 Å². The van der Waals surface area contributed by atoms with Crippen molar-refractivity contribution in [2.24, 2.45) is 5.92 Å². The summed E-state index contributed by atoms with van der Waals surface area (Å²) in [5.74, 6) is -1.22. The van der Waals surface area contributed by atoms with Crippen molar-refractivity contribution >= 4 is 11.9 Å². The highest BCUT2D eigenvalue weighted by molar-refractivity contribution is 5.83. The van der Waals surface area contributed by atoms with Crippen molar-refractivity contribution in [3.8, 4) is 0 Å². The molecule has 18 heavy (non-hydrogen) atoms. The van der Waals surface area contributed by atoms with Gasteiger partial charge in [0.2, 0.25) is 5.91 Å². The minimum absolute atomic E-state index is 0.0469. The Morgan fingerprint density at radius 3 is 2.44 bits per heavy atom. The SMILES string of the molecule is CC1C(=O)N(C)CC(C(=O)O)CN1C1CCCC1. The number of hydrogen-bond acceptors (Lipinski definition) is 3. The van der Waals surface area contributed by atoms with Gasteiger partial charge in [-0.1, -0.05) is 12.8 Å². The van der Waals surface area contributed by atoms with E-state index >= 15 is 0 Å². The predicted octanol–water partition coefficient (Wildman–Crippen LogP) is 0.792. The van der Waals surface area contributed by atoms with Gasteiger partial charge in [-0.2, -0.15) is 0 Å². The Balaban J connectivity index is 2.19. The average Bonchev–Trinajstić information content (AvgIpc) is 2.82. The molecule has 2 rings (SSSR count). The Morgan fingerprint density at radius 2 is 1.89 bits per heavy atom. The minimum Gasteiger partial charge on any atom is -0.481 e. The maximum Gasteiger partial charge on any atom is 0.309 e. The van der Waals surface area contributed by atoms with Gasteiger partial charge in [-0.3, -0.25) is 14.5 Å². The maximum atomic E-state index is 12.2. The zero-order valence-electron chi connectivity index (χ0n) is 11.1. The van der Waals surface area contributed by atoms with Gasteiger partial charge in [0.05, 0.1) is 12.0 Å². The van der Waals surface area contributed by atoms with Crippen LogP contribution in [0.5, 0.6) is 0 Å². The third kappa shape index (κ3) is 2.51. The first-order chi connectivity index (χ1) is 8.50. The fourth-order valence-electron chi connectivity index (χ4n) is 3.21. The average molecular weight is 254 g/mol. The summed E-state index contributed by atoms with van der Waals surface area (Å²) in [7, 11) is 1.70. The standard InChI is InChI=1S/C13H22N2O3/c1-9-12(16)14(2)7-10(13(17)18)8-15(9)11-5-3-4-6-11/h9-11H,3-8H2,1-2H3,(H,17,18). The summed E-state index contributed by atoms with van der Waals surface area (Å²) in [5.41, 5.74) is 0. The number of likely N-dealkylation sites (N-methyl/N-ethyl adjacent to an activating group) is 1. The fourth-order valence-corrected chi connectivity index (χ4v) is 3.21. The molecule has 2 unspecified atom stereocenters. The number of carbonyl (C=O) groups excluding carboxylic acids is 1. The van der Waals surface area contributed by atoms with Crippen LogP contribution < -0.4 is 0 Å². The molecule has 5 nitrogen and oxygen atoms in total. The van der Waals surface area contributed by atoms with Gasteiger partial charge in [-0.25, -0.2) is 0 Å². The molecule has 0 radical (unpaired) electrons. The number of carboxylic acids is 1. The summed E-state index contributed by atoms with van der Waals surface area (Å²) in [6.07, 6.45) is 4.56. The third-order valence-corrected chi connectivity index (χ3v) is 4.30. The van der Waals surface area contributed by atoms with E-state index in [-0.39, 0.29) is 11.9 Å². The number of carboxylic acid groups (broad SMARTS) is 1. The lowest BCUT2D eigenvalue weighted by Crippen LogP contribution is -2.47. The fraction of sp³-hybridized carbons (Fsp3) is 0.846. The van der Waals surface area contributed by atoms with Crippen molar-refractivity contribution < 1.29 is 14.7 Å². The first-order valence-electron chi connectivity index (χ1n) is 6.74. The Hall–Kier alpha value is -1.10. The zero-order valence-corrected chi connectivity index (χ0v) is 11.1. The molecule has 2 aliphatic rings. The molecule has 0 spiro atoms. The van der Waals surface area contributed by atoms with Crippen molar-refractivity contribution in [3.05, 3.63) is 0 Å². The summed E-state index contributed by atoms with van der Waals surface area (Å²) in [6.45, 7) is 2.72. The molecule has 2 atom stereocenters. The third-order valence-electron chi connectivity index (χ3n) is 4.30. The number of nitrogens with zero attached hydrogens (tertiary/aromatic N) is 2. The second-order valence-corrected chi connectivity index (χ2v) is 5.56. The van der Waals surface area contributed by atoms with Crippen LogP contribution in [0.15, 0.2) is 0 Å². The van der Waals surface area contributed by atoms with Crippen molar-refractivity contribution in [1.29, 1.82) is 0 Å². The molecular formula is C13H22N2O3. The summed E-state index contributed by atoms with van der Waals surface area (Å²) in [5, 5.41) is 9.25. The second-order valence-electron chi connectivity index (χ2n) is 5.56. The van der Waals surface area contributed by atoms with E-state index in [1.807, 2.05) is 6.92 Å². The Labute approximate surface area is 108 Å². The smallest absolute Gasteiger partial charge is 0.309 e. The molecule has 0 aromatic carbocycles. The largest absolute Gasteiger partial charge is 0.481 e. The molecule has 0 bridgehead atoms. The molecule has 0 aromatic heterocycles. The number of carbonyl (C=O) groups is 2. The molecule has 0 aromatic rings. The van der Waals surface area contributed by atoms with Crippen LogP contribution in [-0.2, 0) is 9.59 Å². The normalized spacial score (nSPS) is 31.7. The predicted molar refractivity (Wildman–Crippen MR) is 67.2 cm³/mol. The highest BCUT2D eigenvalue weighted by atomic mass is 16.4. The molecule has 5 heteroatoms. The van der Waals surface area contributed by atoms with Gasteiger partial charge in [-0.15, -0.1) is 0 Å². The van der Waals surface area contributed by atoms with Gasteiger partial charge in [0.15, 0.2) is 0 Å². The lowest BCUT2D eigenvalue weighted by molar-refractivity contribution is -0.142. The molecule has 1 saturated carbocycles. The van der Waals surface area contributed by atoms with Crippen LogP contribution in [-0.4, -0.2) is 59.0 Å². The molecule has 1 saturated heterocycles. The number of hydrogen-bond donors (Lipinski definition) is 1. The minimum atomic E-state index is -0.799. The monoisotopic (exact) mass is 254 g/mol. The second kappa shape index (κ2) is 5.26. The van der Waals surface area contributed by atoms with Crippen LogP contribution in [0.1, 0.15) is 32.6 Å². The van der Waals surface area contributed by atoms with Gasteiger partial charge in [0.25, 0.3) is 0 Å². The summed E-state index contributed by atoms with van der Waals surface area (Å²) >= 11 is 0. The highest BCUT2D eigenvalue weighted by Crippen LogP contribution is 2.28. The first-order valence-corrected chi connectivity index (χ1v) is 6.74. The van der Waals surface area contributed by atoms with Crippen LogP contribution in [0, 0.1) is 5.92 Å². The number of rotatable bonds is 2.